The molecule has 1 aromatic rings. The van der Waals surface area contributed by atoms with E-state index in [-0.39, 0.29) is 41.4 Å². The number of ether oxygens (including phenoxy) is 1. The lowest BCUT2D eigenvalue weighted by atomic mass is 9.78. The lowest BCUT2D eigenvalue weighted by Gasteiger charge is -2.47. The van der Waals surface area contributed by atoms with Gasteiger partial charge in [0.05, 0.1) is 6.04 Å². The second-order valence-corrected chi connectivity index (χ2v) is 7.60. The molecule has 2 saturated heterocycles. The molecule has 3 aliphatic heterocycles. The minimum Gasteiger partial charge on any atom is -0.368 e. The summed E-state index contributed by atoms with van der Waals surface area (Å²) in [6.45, 7) is 3.78. The summed E-state index contributed by atoms with van der Waals surface area (Å²) in [6, 6.07) is 5.20. The maximum atomic E-state index is 12.8. The molecule has 2 amide bonds. The molecule has 4 atom stereocenters. The Labute approximate surface area is 152 Å². The fourth-order valence-electron chi connectivity index (χ4n) is 4.71. The van der Waals surface area contributed by atoms with Crippen molar-refractivity contribution >= 4 is 11.8 Å². The summed E-state index contributed by atoms with van der Waals surface area (Å²) in [7, 11) is 0. The van der Waals surface area contributed by atoms with Crippen LogP contribution in [0.2, 0.25) is 0 Å². The highest BCUT2D eigenvalue weighted by atomic mass is 16.5. The third-order valence-corrected chi connectivity index (χ3v) is 5.88. The number of carbonyl (C=O) groups is 2. The Morgan fingerprint density at radius 3 is 2.88 bits per heavy atom. The highest BCUT2D eigenvalue weighted by Crippen LogP contribution is 2.41. The van der Waals surface area contributed by atoms with E-state index in [1.54, 1.807) is 12.1 Å². The zero-order valence-electron chi connectivity index (χ0n) is 15.0. The van der Waals surface area contributed by atoms with Crippen molar-refractivity contribution in [1.29, 1.82) is 0 Å². The van der Waals surface area contributed by atoms with Gasteiger partial charge in [-0.25, -0.2) is 0 Å². The molecule has 2 fully saturated rings. The fraction of sp³-hybridized carbons (Fsp3) is 0.632. The van der Waals surface area contributed by atoms with Crippen molar-refractivity contribution in [3.05, 3.63) is 34.2 Å². The average Bonchev–Trinajstić information content (AvgIpc) is 3.16. The molecule has 1 aromatic heterocycles. The fourth-order valence-corrected chi connectivity index (χ4v) is 4.71. The van der Waals surface area contributed by atoms with Crippen LogP contribution in [-0.4, -0.2) is 53.6 Å². The van der Waals surface area contributed by atoms with Crippen LogP contribution in [0.4, 0.5) is 0 Å². The Kier molecular flexibility index (Phi) is 4.56. The monoisotopic (exact) mass is 359 g/mol. The topological polar surface area (TPSA) is 80.6 Å². The van der Waals surface area contributed by atoms with E-state index >= 15 is 0 Å². The molecule has 1 N–H and O–H groups in total. The van der Waals surface area contributed by atoms with Crippen molar-refractivity contribution < 1.29 is 14.3 Å². The van der Waals surface area contributed by atoms with Gasteiger partial charge in [-0.1, -0.05) is 6.07 Å². The van der Waals surface area contributed by atoms with Gasteiger partial charge in [0.25, 0.3) is 11.5 Å². The molecular formula is C19H25N3O4. The Morgan fingerprint density at radius 2 is 2.15 bits per heavy atom. The summed E-state index contributed by atoms with van der Waals surface area (Å²) >= 11 is 0. The van der Waals surface area contributed by atoms with Gasteiger partial charge >= 0.3 is 0 Å². The summed E-state index contributed by atoms with van der Waals surface area (Å²) in [5.41, 5.74) is 0.931. The molecule has 0 saturated carbocycles. The Balaban J connectivity index is 1.64. The van der Waals surface area contributed by atoms with E-state index < -0.39 is 0 Å². The van der Waals surface area contributed by atoms with Crippen molar-refractivity contribution in [3.63, 3.8) is 0 Å². The number of piperidine rings is 1. The first-order valence-corrected chi connectivity index (χ1v) is 9.41. The third-order valence-electron chi connectivity index (χ3n) is 5.88. The Morgan fingerprint density at radius 1 is 1.31 bits per heavy atom. The quantitative estimate of drug-likeness (QED) is 0.859. The Hall–Kier alpha value is -2.15. The molecule has 0 aliphatic carbocycles. The highest BCUT2D eigenvalue weighted by Gasteiger charge is 2.43. The molecule has 26 heavy (non-hydrogen) atoms. The molecule has 7 heteroatoms. The minimum absolute atomic E-state index is 0.0357. The number of rotatable bonds is 3. The van der Waals surface area contributed by atoms with Gasteiger partial charge in [0.15, 0.2) is 0 Å². The first-order valence-electron chi connectivity index (χ1n) is 9.41. The largest absolute Gasteiger partial charge is 0.368 e. The van der Waals surface area contributed by atoms with Gasteiger partial charge in [-0.05, 0) is 31.2 Å². The average molecular weight is 359 g/mol. The van der Waals surface area contributed by atoms with Gasteiger partial charge in [-0.15, -0.1) is 0 Å². The summed E-state index contributed by atoms with van der Waals surface area (Å²) in [5, 5.41) is 2.86. The second-order valence-electron chi connectivity index (χ2n) is 7.60. The van der Waals surface area contributed by atoms with Crippen LogP contribution >= 0.6 is 0 Å². The predicted octanol–water partition coefficient (Wildman–Crippen LogP) is 0.650. The van der Waals surface area contributed by atoms with Crippen LogP contribution in [0, 0.1) is 5.92 Å². The first kappa shape index (κ1) is 17.3. The molecule has 4 heterocycles. The smallest absolute Gasteiger partial charge is 0.251 e. The number of fused-ring (bicyclic) bond motifs is 4. The molecule has 0 spiro atoms. The molecule has 2 bridgehead atoms. The van der Waals surface area contributed by atoms with Gasteiger partial charge in [0.2, 0.25) is 5.91 Å². The molecule has 0 aromatic carbocycles. The number of likely N-dealkylation sites (tertiary alicyclic amines) is 1. The summed E-state index contributed by atoms with van der Waals surface area (Å²) in [5.74, 6) is 0.267. The highest BCUT2D eigenvalue weighted by molar-refractivity contribution is 5.81. The number of hydrogen-bond donors (Lipinski definition) is 1. The molecular weight excluding hydrogens is 334 g/mol. The van der Waals surface area contributed by atoms with Gasteiger partial charge in [0, 0.05) is 50.8 Å². The van der Waals surface area contributed by atoms with Crippen LogP contribution < -0.4 is 10.9 Å². The summed E-state index contributed by atoms with van der Waals surface area (Å²) < 4.78 is 7.42. The van der Waals surface area contributed by atoms with E-state index in [1.165, 1.54) is 6.92 Å². The minimum atomic E-state index is -0.319. The number of amides is 2. The molecule has 0 unspecified atom stereocenters. The number of nitrogens with zero attached hydrogens (tertiary/aromatic N) is 2. The summed E-state index contributed by atoms with van der Waals surface area (Å²) in [4.78, 5) is 38.7. The molecule has 140 valence electrons. The predicted molar refractivity (Wildman–Crippen MR) is 94.8 cm³/mol. The number of aromatic nitrogens is 1. The van der Waals surface area contributed by atoms with Crippen molar-refractivity contribution in [3.8, 4) is 0 Å². The maximum absolute atomic E-state index is 12.8. The third kappa shape index (κ3) is 3.05. The van der Waals surface area contributed by atoms with Crippen LogP contribution in [-0.2, 0) is 14.3 Å². The molecule has 4 rings (SSSR count). The van der Waals surface area contributed by atoms with E-state index in [4.69, 9.17) is 4.74 Å². The maximum Gasteiger partial charge on any atom is 0.251 e. The standard InChI is InChI=1S/C19H25N3O4/c1-12(23)20-9-16-14-8-13(15-4-2-6-18(24)22(15)16)10-21(11-14)19(25)17-5-3-7-26-17/h2,4,6,13-14,16-17H,3,5,7-11H2,1H3,(H,20,23)/t13-,14+,16+,17-/m1/s1. The van der Waals surface area contributed by atoms with E-state index in [0.717, 1.165) is 25.0 Å². The van der Waals surface area contributed by atoms with Gasteiger partial charge < -0.3 is 19.5 Å². The van der Waals surface area contributed by atoms with Crippen molar-refractivity contribution in [2.45, 2.75) is 44.2 Å². The van der Waals surface area contributed by atoms with E-state index in [9.17, 15) is 14.4 Å². The normalized spacial score (nSPS) is 30.0. The number of nitrogens with one attached hydrogen (secondary N) is 1. The zero-order valence-corrected chi connectivity index (χ0v) is 15.0. The molecule has 0 radical (unpaired) electrons. The van der Waals surface area contributed by atoms with Gasteiger partial charge in [0.1, 0.15) is 6.10 Å². The molecule has 3 aliphatic rings. The second kappa shape index (κ2) is 6.87. The van der Waals surface area contributed by atoms with Crippen LogP contribution in [0.1, 0.15) is 43.8 Å². The lowest BCUT2D eigenvalue weighted by Crippen LogP contribution is -2.54. The van der Waals surface area contributed by atoms with E-state index in [1.807, 2.05) is 15.5 Å². The van der Waals surface area contributed by atoms with Crippen LogP contribution in [0.5, 0.6) is 0 Å². The van der Waals surface area contributed by atoms with Crippen molar-refractivity contribution in [2.24, 2.45) is 5.92 Å². The number of pyridine rings is 1. The first-order chi connectivity index (χ1) is 12.5. The lowest BCUT2D eigenvalue weighted by molar-refractivity contribution is -0.144. The number of hydrogen-bond acceptors (Lipinski definition) is 4. The van der Waals surface area contributed by atoms with E-state index in [0.29, 0.717) is 26.2 Å². The zero-order chi connectivity index (χ0) is 18.3. The molecule has 7 nitrogen and oxygen atoms in total. The van der Waals surface area contributed by atoms with Gasteiger partial charge in [-0.2, -0.15) is 0 Å². The van der Waals surface area contributed by atoms with E-state index in [2.05, 4.69) is 5.32 Å². The van der Waals surface area contributed by atoms with Crippen LogP contribution in [0.25, 0.3) is 0 Å². The van der Waals surface area contributed by atoms with Gasteiger partial charge in [-0.3, -0.25) is 14.4 Å². The van der Waals surface area contributed by atoms with Crippen molar-refractivity contribution in [1.82, 2.24) is 14.8 Å². The summed E-state index contributed by atoms with van der Waals surface area (Å²) in [6.07, 6.45) is 2.33. The Bertz CT molecular complexity index is 768. The van der Waals surface area contributed by atoms with Crippen LogP contribution in [0.15, 0.2) is 23.0 Å². The van der Waals surface area contributed by atoms with Crippen LogP contribution in [0.3, 0.4) is 0 Å². The SMILES string of the molecule is CC(=O)NC[C@H]1[C@H]2C[C@H](CN(C(=O)[C@H]3CCCO3)C2)c2cccc(=O)n21. The van der Waals surface area contributed by atoms with Crippen molar-refractivity contribution in [2.75, 3.05) is 26.2 Å². The number of carbonyl (C=O) groups excluding carboxylic acids is 2.